The fourth-order valence-corrected chi connectivity index (χ4v) is 1.74. The Labute approximate surface area is 111 Å². The third-order valence-electron chi connectivity index (χ3n) is 2.88. The maximum Gasteiger partial charge on any atom is 0.227 e. The summed E-state index contributed by atoms with van der Waals surface area (Å²) in [6.07, 6.45) is 1.78. The van der Waals surface area contributed by atoms with Gasteiger partial charge in [-0.1, -0.05) is 18.2 Å². The first kappa shape index (κ1) is 13.1. The van der Waals surface area contributed by atoms with Crippen LogP contribution in [0.15, 0.2) is 53.1 Å². The maximum atomic E-state index is 12.0. The van der Waals surface area contributed by atoms with Gasteiger partial charge in [-0.25, -0.2) is 0 Å². The zero-order valence-corrected chi connectivity index (χ0v) is 10.7. The molecule has 4 nitrogen and oxygen atoms in total. The molecule has 0 aliphatic carbocycles. The van der Waals surface area contributed by atoms with Gasteiger partial charge in [0.2, 0.25) is 5.91 Å². The van der Waals surface area contributed by atoms with Crippen molar-refractivity contribution in [1.29, 1.82) is 0 Å². The van der Waals surface area contributed by atoms with E-state index in [9.17, 15) is 9.59 Å². The van der Waals surface area contributed by atoms with E-state index in [0.29, 0.717) is 5.76 Å². The molecule has 0 atom stereocenters. The van der Waals surface area contributed by atoms with Crippen LogP contribution in [0.1, 0.15) is 23.4 Å². The number of carbonyl (C=O) groups excluding carboxylic acids is 2. The number of hydrogen-bond acceptors (Lipinski definition) is 3. The molecule has 0 bridgehead atoms. The fraction of sp³-hybridized carbons (Fsp3) is 0.200. The summed E-state index contributed by atoms with van der Waals surface area (Å²) in [5.74, 6) is 0.0566. The molecule has 19 heavy (non-hydrogen) atoms. The summed E-state index contributed by atoms with van der Waals surface area (Å²) in [5.41, 5.74) is 0.818. The third kappa shape index (κ3) is 3.31. The van der Waals surface area contributed by atoms with Crippen molar-refractivity contribution < 1.29 is 14.0 Å². The van der Waals surface area contributed by atoms with Gasteiger partial charge in [0.1, 0.15) is 0 Å². The quantitative estimate of drug-likeness (QED) is 0.774. The van der Waals surface area contributed by atoms with Crippen LogP contribution in [0.2, 0.25) is 0 Å². The van der Waals surface area contributed by atoms with Crippen molar-refractivity contribution in [3.05, 3.63) is 54.5 Å². The van der Waals surface area contributed by atoms with E-state index in [4.69, 9.17) is 4.42 Å². The average molecular weight is 257 g/mol. The van der Waals surface area contributed by atoms with E-state index in [0.717, 1.165) is 5.69 Å². The number of furan rings is 1. The molecule has 2 rings (SSSR count). The van der Waals surface area contributed by atoms with E-state index in [2.05, 4.69) is 0 Å². The van der Waals surface area contributed by atoms with Gasteiger partial charge in [-0.3, -0.25) is 9.59 Å². The summed E-state index contributed by atoms with van der Waals surface area (Å²) in [6.45, 7) is 0. The first-order valence-electron chi connectivity index (χ1n) is 6.07. The highest BCUT2D eigenvalue weighted by Gasteiger charge is 2.15. The van der Waals surface area contributed by atoms with E-state index in [1.54, 1.807) is 24.1 Å². The molecular weight excluding hydrogens is 242 g/mol. The van der Waals surface area contributed by atoms with Gasteiger partial charge < -0.3 is 9.32 Å². The molecule has 0 aliphatic heterocycles. The molecule has 1 aromatic heterocycles. The van der Waals surface area contributed by atoms with Crippen molar-refractivity contribution in [3.63, 3.8) is 0 Å². The number of rotatable bonds is 5. The summed E-state index contributed by atoms with van der Waals surface area (Å²) in [7, 11) is 1.70. The number of para-hydroxylation sites is 1. The number of hydrogen-bond donors (Lipinski definition) is 0. The van der Waals surface area contributed by atoms with Gasteiger partial charge in [0.15, 0.2) is 11.5 Å². The predicted molar refractivity (Wildman–Crippen MR) is 72.1 cm³/mol. The second kappa shape index (κ2) is 6.00. The monoisotopic (exact) mass is 257 g/mol. The highest BCUT2D eigenvalue weighted by atomic mass is 16.3. The summed E-state index contributed by atoms with van der Waals surface area (Å²) >= 11 is 0. The highest BCUT2D eigenvalue weighted by Crippen LogP contribution is 2.14. The normalized spacial score (nSPS) is 10.2. The Hall–Kier alpha value is -2.36. The number of nitrogens with zero attached hydrogens (tertiary/aromatic N) is 1. The number of amides is 1. The lowest BCUT2D eigenvalue weighted by molar-refractivity contribution is -0.118. The summed E-state index contributed by atoms with van der Waals surface area (Å²) in [5, 5.41) is 0. The standard InChI is InChI=1S/C15H15NO3/c1-16(12-6-3-2-4-7-12)15(18)10-9-13(17)14-8-5-11-19-14/h2-8,11H,9-10H2,1H3. The molecule has 0 N–H and O–H groups in total. The predicted octanol–water partition coefficient (Wildman–Crippen LogP) is 2.91. The Kier molecular flexibility index (Phi) is 4.13. The van der Waals surface area contributed by atoms with Crippen LogP contribution in [0.5, 0.6) is 0 Å². The SMILES string of the molecule is CN(C(=O)CCC(=O)c1ccco1)c1ccccc1. The van der Waals surface area contributed by atoms with E-state index in [1.807, 2.05) is 30.3 Å². The number of carbonyl (C=O) groups is 2. The molecular formula is C15H15NO3. The number of Topliss-reactive ketones (excluding diaryl/α,β-unsaturated/α-hetero) is 1. The highest BCUT2D eigenvalue weighted by molar-refractivity contribution is 5.99. The molecule has 4 heteroatoms. The van der Waals surface area contributed by atoms with E-state index in [-0.39, 0.29) is 24.5 Å². The zero-order chi connectivity index (χ0) is 13.7. The molecule has 98 valence electrons. The minimum atomic E-state index is -0.153. The van der Waals surface area contributed by atoms with E-state index >= 15 is 0 Å². The molecule has 1 amide bonds. The Morgan fingerprint density at radius 3 is 2.42 bits per heavy atom. The van der Waals surface area contributed by atoms with Crippen molar-refractivity contribution in [1.82, 2.24) is 0 Å². The summed E-state index contributed by atoms with van der Waals surface area (Å²) in [6, 6.07) is 12.6. The second-order valence-corrected chi connectivity index (χ2v) is 4.19. The zero-order valence-electron chi connectivity index (χ0n) is 10.7. The van der Waals surface area contributed by atoms with E-state index < -0.39 is 0 Å². The van der Waals surface area contributed by atoms with Gasteiger partial charge in [0.05, 0.1) is 6.26 Å². The van der Waals surface area contributed by atoms with Crippen molar-refractivity contribution in [2.45, 2.75) is 12.8 Å². The molecule has 0 saturated heterocycles. The van der Waals surface area contributed by atoms with Crippen LogP contribution in [0.4, 0.5) is 5.69 Å². The van der Waals surface area contributed by atoms with Crippen LogP contribution in [0.3, 0.4) is 0 Å². The van der Waals surface area contributed by atoms with Crippen LogP contribution in [0.25, 0.3) is 0 Å². The Morgan fingerprint density at radius 2 is 1.79 bits per heavy atom. The van der Waals surface area contributed by atoms with Gasteiger partial charge in [-0.15, -0.1) is 0 Å². The first-order valence-corrected chi connectivity index (χ1v) is 6.07. The molecule has 0 spiro atoms. The lowest BCUT2D eigenvalue weighted by Gasteiger charge is -2.16. The molecule has 0 aliphatic rings. The van der Waals surface area contributed by atoms with Crippen molar-refractivity contribution in [3.8, 4) is 0 Å². The first-order chi connectivity index (χ1) is 9.18. The summed E-state index contributed by atoms with van der Waals surface area (Å²) in [4.78, 5) is 25.2. The van der Waals surface area contributed by atoms with Crippen LogP contribution in [0, 0.1) is 0 Å². The van der Waals surface area contributed by atoms with E-state index in [1.165, 1.54) is 6.26 Å². The topological polar surface area (TPSA) is 50.5 Å². The van der Waals surface area contributed by atoms with Crippen LogP contribution >= 0.6 is 0 Å². The van der Waals surface area contributed by atoms with Gasteiger partial charge >= 0.3 is 0 Å². The summed E-state index contributed by atoms with van der Waals surface area (Å²) < 4.78 is 5.00. The minimum absolute atomic E-state index is 0.0916. The molecule has 1 heterocycles. The Balaban J connectivity index is 1.90. The molecule has 0 unspecified atom stereocenters. The molecule has 1 aromatic carbocycles. The number of ketones is 1. The smallest absolute Gasteiger partial charge is 0.227 e. The minimum Gasteiger partial charge on any atom is -0.461 e. The maximum absolute atomic E-state index is 12.0. The number of benzene rings is 1. The lowest BCUT2D eigenvalue weighted by Crippen LogP contribution is -2.26. The lowest BCUT2D eigenvalue weighted by atomic mass is 10.1. The number of anilines is 1. The fourth-order valence-electron chi connectivity index (χ4n) is 1.74. The molecule has 0 fully saturated rings. The Bertz CT molecular complexity index is 546. The average Bonchev–Trinajstić information content (AvgIpc) is 2.98. The Morgan fingerprint density at radius 1 is 1.05 bits per heavy atom. The van der Waals surface area contributed by atoms with Crippen LogP contribution < -0.4 is 4.90 Å². The van der Waals surface area contributed by atoms with Crippen molar-refractivity contribution >= 4 is 17.4 Å². The van der Waals surface area contributed by atoms with Gasteiger partial charge in [0, 0.05) is 25.6 Å². The second-order valence-electron chi connectivity index (χ2n) is 4.19. The van der Waals surface area contributed by atoms with Gasteiger partial charge in [0.25, 0.3) is 0 Å². The van der Waals surface area contributed by atoms with Crippen LogP contribution in [-0.2, 0) is 4.79 Å². The molecule has 0 radical (unpaired) electrons. The van der Waals surface area contributed by atoms with Crippen molar-refractivity contribution in [2.75, 3.05) is 11.9 Å². The van der Waals surface area contributed by atoms with Crippen molar-refractivity contribution in [2.24, 2.45) is 0 Å². The largest absolute Gasteiger partial charge is 0.461 e. The van der Waals surface area contributed by atoms with Gasteiger partial charge in [-0.05, 0) is 24.3 Å². The molecule has 2 aromatic rings. The molecule has 0 saturated carbocycles. The van der Waals surface area contributed by atoms with Crippen LogP contribution in [-0.4, -0.2) is 18.7 Å². The third-order valence-corrected chi connectivity index (χ3v) is 2.88. The van der Waals surface area contributed by atoms with Gasteiger partial charge in [-0.2, -0.15) is 0 Å².